The Morgan fingerprint density at radius 3 is 2.83 bits per heavy atom. The van der Waals surface area contributed by atoms with E-state index >= 15 is 0 Å². The molecule has 3 heteroatoms. The number of hydrogen-bond acceptors (Lipinski definition) is 1. The lowest BCUT2D eigenvalue weighted by atomic mass is 9.83. The second kappa shape index (κ2) is 6.06. The molecular formula is C20H21N2O+. The van der Waals surface area contributed by atoms with Gasteiger partial charge in [0.1, 0.15) is 6.54 Å². The van der Waals surface area contributed by atoms with Crippen LogP contribution < -0.4 is 10.5 Å². The van der Waals surface area contributed by atoms with Crippen molar-refractivity contribution in [1.82, 2.24) is 4.57 Å². The Kier molecular flexibility index (Phi) is 3.77. The van der Waals surface area contributed by atoms with E-state index in [-0.39, 0.29) is 5.56 Å². The molecule has 1 aromatic carbocycles. The van der Waals surface area contributed by atoms with Crippen LogP contribution in [0.3, 0.4) is 0 Å². The summed E-state index contributed by atoms with van der Waals surface area (Å²) >= 11 is 0. The number of pyridine rings is 1. The van der Waals surface area contributed by atoms with E-state index in [4.69, 9.17) is 0 Å². The molecule has 3 unspecified atom stereocenters. The second-order valence-electron chi connectivity index (χ2n) is 6.70. The van der Waals surface area contributed by atoms with Crippen LogP contribution in [0.15, 0.2) is 53.3 Å². The van der Waals surface area contributed by atoms with Crippen LogP contribution in [-0.2, 0) is 6.54 Å². The summed E-state index contributed by atoms with van der Waals surface area (Å²) in [6.45, 7) is 3.98. The molecule has 1 fully saturated rings. The molecule has 1 saturated heterocycles. The molecule has 0 radical (unpaired) electrons. The van der Waals surface area contributed by atoms with Crippen LogP contribution in [-0.4, -0.2) is 24.2 Å². The van der Waals surface area contributed by atoms with Gasteiger partial charge < -0.3 is 9.47 Å². The maximum atomic E-state index is 12.0. The summed E-state index contributed by atoms with van der Waals surface area (Å²) in [5.41, 5.74) is 2.47. The average Bonchev–Trinajstić information content (AvgIpc) is 2.57. The predicted molar refractivity (Wildman–Crippen MR) is 90.4 cm³/mol. The first kappa shape index (κ1) is 14.3. The molecule has 2 aromatic rings. The monoisotopic (exact) mass is 305 g/mol. The van der Waals surface area contributed by atoms with E-state index in [0.29, 0.717) is 11.8 Å². The van der Waals surface area contributed by atoms with Crippen LogP contribution in [0.4, 0.5) is 0 Å². The highest BCUT2D eigenvalue weighted by molar-refractivity contribution is 5.33. The number of nitrogens with zero attached hydrogens (tertiary/aromatic N) is 1. The fourth-order valence-electron chi connectivity index (χ4n) is 4.06. The lowest BCUT2D eigenvalue weighted by Crippen LogP contribution is -3.14. The molecule has 23 heavy (non-hydrogen) atoms. The summed E-state index contributed by atoms with van der Waals surface area (Å²) in [6.07, 6.45) is 1.22. The Hall–Kier alpha value is -2.31. The van der Waals surface area contributed by atoms with Crippen LogP contribution in [0.25, 0.3) is 0 Å². The molecule has 2 bridgehead atoms. The molecule has 0 amide bonds. The van der Waals surface area contributed by atoms with Crippen molar-refractivity contribution in [2.75, 3.05) is 19.6 Å². The number of benzene rings is 1. The molecule has 3 heterocycles. The van der Waals surface area contributed by atoms with Gasteiger partial charge in [-0.25, -0.2) is 0 Å². The number of nitrogens with one attached hydrogen (secondary N) is 1. The van der Waals surface area contributed by atoms with Gasteiger partial charge in [-0.05, 0) is 30.5 Å². The van der Waals surface area contributed by atoms with E-state index in [1.165, 1.54) is 12.1 Å². The van der Waals surface area contributed by atoms with Crippen molar-refractivity contribution in [3.8, 4) is 11.8 Å². The van der Waals surface area contributed by atoms with Crippen molar-refractivity contribution in [1.29, 1.82) is 0 Å². The largest absolute Gasteiger partial charge is 0.324 e. The third-order valence-electron chi connectivity index (χ3n) is 5.02. The smallest absolute Gasteiger partial charge is 0.250 e. The first-order valence-corrected chi connectivity index (χ1v) is 8.37. The van der Waals surface area contributed by atoms with Crippen molar-refractivity contribution in [2.24, 2.45) is 5.92 Å². The Balaban J connectivity index is 1.49. The highest BCUT2D eigenvalue weighted by Crippen LogP contribution is 2.29. The van der Waals surface area contributed by atoms with Gasteiger partial charge in [0.2, 0.25) is 0 Å². The lowest BCUT2D eigenvalue weighted by molar-refractivity contribution is -0.903. The number of fused-ring (bicyclic) bond motifs is 4. The summed E-state index contributed by atoms with van der Waals surface area (Å²) in [5.74, 6) is 7.71. The molecule has 0 aliphatic carbocycles. The fraction of sp³-hybridized carbons (Fsp3) is 0.350. The minimum atomic E-state index is 0.157. The third-order valence-corrected chi connectivity index (χ3v) is 5.02. The first-order chi connectivity index (χ1) is 11.3. The standard InChI is InChI=1S/C20H20N2O/c23-20-10-4-9-19-18-12-17(14-22(19)20)13-21(15-18)11-5-8-16-6-2-1-3-7-16/h1-4,6-7,9-10,17-18H,11-15H2/p+1. The molecule has 116 valence electrons. The number of likely N-dealkylation sites (tertiary alicyclic amines) is 1. The lowest BCUT2D eigenvalue weighted by Gasteiger charge is -2.39. The van der Waals surface area contributed by atoms with Gasteiger partial charge in [-0.1, -0.05) is 30.2 Å². The van der Waals surface area contributed by atoms with E-state index < -0.39 is 0 Å². The SMILES string of the molecule is O=c1cccc2n1CC1CC2C[NH+](CC#Cc2ccccc2)C1. The summed E-state index contributed by atoms with van der Waals surface area (Å²) in [7, 11) is 0. The van der Waals surface area contributed by atoms with Gasteiger partial charge in [0, 0.05) is 35.7 Å². The van der Waals surface area contributed by atoms with Crippen LogP contribution in [0.5, 0.6) is 0 Å². The first-order valence-electron chi connectivity index (χ1n) is 8.37. The molecule has 2 aliphatic rings. The maximum Gasteiger partial charge on any atom is 0.250 e. The van der Waals surface area contributed by atoms with Crippen molar-refractivity contribution in [3.63, 3.8) is 0 Å². The van der Waals surface area contributed by atoms with E-state index in [2.05, 4.69) is 30.0 Å². The summed E-state index contributed by atoms with van der Waals surface area (Å²) < 4.78 is 1.99. The maximum absolute atomic E-state index is 12.0. The normalized spacial score (nSPS) is 25.1. The molecule has 1 N–H and O–H groups in total. The zero-order chi connectivity index (χ0) is 15.6. The highest BCUT2D eigenvalue weighted by atomic mass is 16.1. The number of piperidine rings is 1. The Morgan fingerprint density at radius 1 is 1.09 bits per heavy atom. The van der Waals surface area contributed by atoms with Crippen LogP contribution >= 0.6 is 0 Å². The Bertz CT molecular complexity index is 813. The predicted octanol–water partition coefficient (Wildman–Crippen LogP) is 0.902. The van der Waals surface area contributed by atoms with Crippen LogP contribution in [0.2, 0.25) is 0 Å². The number of rotatable bonds is 1. The van der Waals surface area contributed by atoms with E-state index in [1.807, 2.05) is 28.8 Å². The van der Waals surface area contributed by atoms with Gasteiger partial charge in [0.05, 0.1) is 13.1 Å². The van der Waals surface area contributed by atoms with Crippen molar-refractivity contribution in [2.45, 2.75) is 18.9 Å². The molecule has 3 atom stereocenters. The topological polar surface area (TPSA) is 26.4 Å². The van der Waals surface area contributed by atoms with Gasteiger partial charge in [0.25, 0.3) is 5.56 Å². The van der Waals surface area contributed by atoms with Gasteiger partial charge in [0.15, 0.2) is 0 Å². The molecule has 1 aromatic heterocycles. The molecule has 0 spiro atoms. The van der Waals surface area contributed by atoms with Crippen molar-refractivity contribution >= 4 is 0 Å². The number of quaternary nitrogens is 1. The fourth-order valence-corrected chi connectivity index (χ4v) is 4.06. The van der Waals surface area contributed by atoms with Gasteiger partial charge in [-0.15, -0.1) is 0 Å². The van der Waals surface area contributed by atoms with Crippen LogP contribution in [0, 0.1) is 17.8 Å². The second-order valence-corrected chi connectivity index (χ2v) is 6.70. The highest BCUT2D eigenvalue weighted by Gasteiger charge is 2.36. The molecule has 3 nitrogen and oxygen atoms in total. The summed E-state index contributed by atoms with van der Waals surface area (Å²) in [5, 5.41) is 0. The zero-order valence-corrected chi connectivity index (χ0v) is 13.2. The number of hydrogen-bond donors (Lipinski definition) is 1. The van der Waals surface area contributed by atoms with E-state index in [0.717, 1.165) is 31.7 Å². The zero-order valence-electron chi connectivity index (χ0n) is 13.2. The van der Waals surface area contributed by atoms with E-state index in [1.54, 1.807) is 11.0 Å². The molecule has 0 saturated carbocycles. The minimum Gasteiger partial charge on any atom is -0.324 e. The number of aromatic nitrogens is 1. The van der Waals surface area contributed by atoms with Gasteiger partial charge in [-0.2, -0.15) is 0 Å². The molecule has 4 rings (SSSR count). The third kappa shape index (κ3) is 2.95. The Morgan fingerprint density at radius 2 is 1.96 bits per heavy atom. The quantitative estimate of drug-likeness (QED) is 0.779. The van der Waals surface area contributed by atoms with Crippen molar-refractivity contribution < 1.29 is 4.90 Å². The Labute approximate surface area is 136 Å². The summed E-state index contributed by atoms with van der Waals surface area (Å²) in [6, 6.07) is 15.9. The minimum absolute atomic E-state index is 0.157. The van der Waals surface area contributed by atoms with Gasteiger partial charge in [-0.3, -0.25) is 4.79 Å². The van der Waals surface area contributed by atoms with E-state index in [9.17, 15) is 4.79 Å². The van der Waals surface area contributed by atoms with Crippen molar-refractivity contribution in [3.05, 3.63) is 70.1 Å². The summed E-state index contributed by atoms with van der Waals surface area (Å²) in [4.78, 5) is 13.6. The van der Waals surface area contributed by atoms with Crippen LogP contribution in [0.1, 0.15) is 23.6 Å². The molecular weight excluding hydrogens is 284 g/mol. The van der Waals surface area contributed by atoms with Gasteiger partial charge >= 0.3 is 0 Å². The average molecular weight is 305 g/mol. The molecule has 2 aliphatic heterocycles.